The number of amides is 1. The molecule has 148 valence electrons. The highest BCUT2D eigenvalue weighted by Gasteiger charge is 2.21. The molecule has 1 amide bonds. The Kier molecular flexibility index (Phi) is 5.45. The second-order valence-corrected chi connectivity index (χ2v) is 7.48. The number of methoxy groups -OCH3 is 1. The van der Waals surface area contributed by atoms with E-state index in [1.165, 1.54) is 12.7 Å². The molecule has 5 heteroatoms. The van der Waals surface area contributed by atoms with Gasteiger partial charge in [-0.1, -0.05) is 54.1 Å². The quantitative estimate of drug-likeness (QED) is 0.516. The molecule has 0 bridgehead atoms. The number of fused-ring (bicyclic) bond motifs is 1. The van der Waals surface area contributed by atoms with Crippen LogP contribution in [0.5, 0.6) is 11.5 Å². The smallest absolute Gasteiger partial charge is 0.409 e. The van der Waals surface area contributed by atoms with Crippen molar-refractivity contribution in [2.75, 3.05) is 13.7 Å². The first kappa shape index (κ1) is 19.3. The lowest BCUT2D eigenvalue weighted by atomic mass is 9.99. The highest BCUT2D eigenvalue weighted by Crippen LogP contribution is 2.38. The van der Waals surface area contributed by atoms with Crippen molar-refractivity contribution in [3.63, 3.8) is 0 Å². The summed E-state index contributed by atoms with van der Waals surface area (Å²) in [6.45, 7) is 3.17. The fourth-order valence-corrected chi connectivity index (χ4v) is 3.87. The average Bonchev–Trinajstić information content (AvgIpc) is 2.75. The second kappa shape index (κ2) is 8.18. The molecule has 0 fully saturated rings. The molecule has 0 atom stereocenters. The molecule has 1 aliphatic heterocycles. The number of ether oxygens (including phenoxy) is 2. The lowest BCUT2D eigenvalue weighted by Crippen LogP contribution is -2.35. The number of benzene rings is 3. The summed E-state index contributed by atoms with van der Waals surface area (Å²) in [4.78, 5) is 13.6. The van der Waals surface area contributed by atoms with Crippen LogP contribution in [0.4, 0.5) is 4.79 Å². The molecule has 0 unspecified atom stereocenters. The van der Waals surface area contributed by atoms with E-state index in [0.29, 0.717) is 13.1 Å². The Morgan fingerprint density at radius 3 is 2.62 bits per heavy atom. The van der Waals surface area contributed by atoms with Gasteiger partial charge in [-0.2, -0.15) is 0 Å². The SMILES string of the molecule is COC(=O)N1CCc2ccc(Oc3ccccc3-c3cccc(C)c3Cl)cc2C1. The third kappa shape index (κ3) is 3.94. The van der Waals surface area contributed by atoms with E-state index in [-0.39, 0.29) is 6.09 Å². The van der Waals surface area contributed by atoms with Gasteiger partial charge in [0.15, 0.2) is 0 Å². The maximum atomic E-state index is 11.9. The maximum Gasteiger partial charge on any atom is 0.409 e. The predicted molar refractivity (Wildman–Crippen MR) is 115 cm³/mol. The largest absolute Gasteiger partial charge is 0.457 e. The van der Waals surface area contributed by atoms with Gasteiger partial charge < -0.3 is 14.4 Å². The highest BCUT2D eigenvalue weighted by atomic mass is 35.5. The Balaban J connectivity index is 1.65. The number of hydrogen-bond donors (Lipinski definition) is 0. The molecule has 0 aliphatic carbocycles. The number of hydrogen-bond acceptors (Lipinski definition) is 3. The molecule has 4 nitrogen and oxygen atoms in total. The second-order valence-electron chi connectivity index (χ2n) is 7.11. The Bertz CT molecular complexity index is 1060. The Morgan fingerprint density at radius 1 is 1.00 bits per heavy atom. The molecule has 0 saturated carbocycles. The van der Waals surface area contributed by atoms with Crippen LogP contribution < -0.4 is 4.74 Å². The van der Waals surface area contributed by atoms with Crippen LogP contribution in [-0.2, 0) is 17.7 Å². The number of aryl methyl sites for hydroxylation is 1. The van der Waals surface area contributed by atoms with Crippen LogP contribution in [0.2, 0.25) is 5.02 Å². The zero-order valence-electron chi connectivity index (χ0n) is 16.4. The van der Waals surface area contributed by atoms with Gasteiger partial charge in [-0.15, -0.1) is 0 Å². The molecule has 0 saturated heterocycles. The minimum Gasteiger partial charge on any atom is -0.457 e. The Labute approximate surface area is 175 Å². The number of halogens is 1. The zero-order chi connectivity index (χ0) is 20.4. The minimum absolute atomic E-state index is 0.304. The van der Waals surface area contributed by atoms with E-state index in [1.807, 2.05) is 61.5 Å². The van der Waals surface area contributed by atoms with E-state index < -0.39 is 0 Å². The van der Waals surface area contributed by atoms with Crippen molar-refractivity contribution in [2.24, 2.45) is 0 Å². The lowest BCUT2D eigenvalue weighted by molar-refractivity contribution is 0.118. The van der Waals surface area contributed by atoms with E-state index in [1.54, 1.807) is 4.90 Å². The molecule has 1 aliphatic rings. The van der Waals surface area contributed by atoms with Gasteiger partial charge in [-0.05, 0) is 48.2 Å². The molecule has 3 aromatic carbocycles. The summed E-state index contributed by atoms with van der Waals surface area (Å²) >= 11 is 6.55. The van der Waals surface area contributed by atoms with Gasteiger partial charge >= 0.3 is 6.09 Å². The monoisotopic (exact) mass is 407 g/mol. The van der Waals surface area contributed by atoms with Crippen molar-refractivity contribution in [2.45, 2.75) is 19.9 Å². The zero-order valence-corrected chi connectivity index (χ0v) is 17.2. The van der Waals surface area contributed by atoms with Crippen molar-refractivity contribution < 1.29 is 14.3 Å². The number of para-hydroxylation sites is 1. The van der Waals surface area contributed by atoms with E-state index >= 15 is 0 Å². The number of nitrogens with zero attached hydrogens (tertiary/aromatic N) is 1. The molecule has 0 N–H and O–H groups in total. The molecule has 3 aromatic rings. The molecule has 0 radical (unpaired) electrons. The summed E-state index contributed by atoms with van der Waals surface area (Å²) in [5, 5.41) is 0.725. The van der Waals surface area contributed by atoms with E-state index in [4.69, 9.17) is 21.1 Å². The summed E-state index contributed by atoms with van der Waals surface area (Å²) in [5.41, 5.74) is 5.21. The van der Waals surface area contributed by atoms with E-state index in [9.17, 15) is 4.79 Å². The van der Waals surface area contributed by atoms with Crippen molar-refractivity contribution in [3.05, 3.63) is 82.4 Å². The van der Waals surface area contributed by atoms with Gasteiger partial charge in [0.05, 0.1) is 12.1 Å². The summed E-state index contributed by atoms with van der Waals surface area (Å²) in [5.74, 6) is 1.47. The van der Waals surface area contributed by atoms with Crippen LogP contribution in [0.1, 0.15) is 16.7 Å². The van der Waals surface area contributed by atoms with E-state index in [0.717, 1.165) is 45.2 Å². The van der Waals surface area contributed by atoms with Crippen LogP contribution in [0.15, 0.2) is 60.7 Å². The summed E-state index contributed by atoms with van der Waals surface area (Å²) in [6.07, 6.45) is 0.502. The maximum absolute atomic E-state index is 11.9. The number of carbonyl (C=O) groups excluding carboxylic acids is 1. The first-order valence-electron chi connectivity index (χ1n) is 9.54. The molecule has 1 heterocycles. The van der Waals surface area contributed by atoms with Gasteiger partial charge in [0, 0.05) is 24.2 Å². The van der Waals surface area contributed by atoms with Crippen molar-refractivity contribution in [1.82, 2.24) is 4.90 Å². The van der Waals surface area contributed by atoms with Gasteiger partial charge in [0.2, 0.25) is 0 Å². The van der Waals surface area contributed by atoms with E-state index in [2.05, 4.69) is 6.07 Å². The number of carbonyl (C=O) groups is 1. The molecule has 0 spiro atoms. The Morgan fingerprint density at radius 2 is 1.79 bits per heavy atom. The summed E-state index contributed by atoms with van der Waals surface area (Å²) < 4.78 is 11.1. The predicted octanol–water partition coefficient (Wildman–Crippen LogP) is 6.23. The first-order valence-corrected chi connectivity index (χ1v) is 9.91. The van der Waals surface area contributed by atoms with Gasteiger partial charge in [0.25, 0.3) is 0 Å². The van der Waals surface area contributed by atoms with Crippen LogP contribution in [0.3, 0.4) is 0 Å². The summed E-state index contributed by atoms with van der Waals surface area (Å²) in [7, 11) is 1.41. The van der Waals surface area contributed by atoms with Gasteiger partial charge in [-0.25, -0.2) is 4.79 Å². The first-order chi connectivity index (χ1) is 14.1. The topological polar surface area (TPSA) is 38.8 Å². The van der Waals surface area contributed by atoms with Gasteiger partial charge in [-0.3, -0.25) is 0 Å². The summed E-state index contributed by atoms with van der Waals surface area (Å²) in [6, 6.07) is 19.9. The fraction of sp³-hybridized carbons (Fsp3) is 0.208. The van der Waals surface area contributed by atoms with Crippen LogP contribution >= 0.6 is 11.6 Å². The highest BCUT2D eigenvalue weighted by molar-refractivity contribution is 6.34. The lowest BCUT2D eigenvalue weighted by Gasteiger charge is -2.28. The molecule has 0 aromatic heterocycles. The third-order valence-electron chi connectivity index (χ3n) is 5.22. The normalized spacial score (nSPS) is 13.0. The average molecular weight is 408 g/mol. The Hall–Kier alpha value is -2.98. The minimum atomic E-state index is -0.304. The molecule has 4 rings (SSSR count). The van der Waals surface area contributed by atoms with Crippen molar-refractivity contribution >= 4 is 17.7 Å². The standard InChI is InChI=1S/C24H22ClNO3/c1-16-6-5-8-21(23(16)25)20-7-3-4-9-22(20)29-19-11-10-17-12-13-26(24(27)28-2)15-18(17)14-19/h3-11,14H,12-13,15H2,1-2H3. The van der Waals surface area contributed by atoms with Gasteiger partial charge in [0.1, 0.15) is 11.5 Å². The number of rotatable bonds is 3. The van der Waals surface area contributed by atoms with Crippen LogP contribution in [-0.4, -0.2) is 24.6 Å². The van der Waals surface area contributed by atoms with Crippen molar-refractivity contribution in [3.8, 4) is 22.6 Å². The fourth-order valence-electron chi connectivity index (χ4n) is 3.64. The molecular weight excluding hydrogens is 386 g/mol. The van der Waals surface area contributed by atoms with Crippen LogP contribution in [0.25, 0.3) is 11.1 Å². The third-order valence-corrected chi connectivity index (χ3v) is 5.72. The molecule has 29 heavy (non-hydrogen) atoms. The van der Waals surface area contributed by atoms with Crippen LogP contribution in [0, 0.1) is 6.92 Å². The molecular formula is C24H22ClNO3. The van der Waals surface area contributed by atoms with Crippen molar-refractivity contribution in [1.29, 1.82) is 0 Å².